The molecule has 7 nitrogen and oxygen atoms in total. The molecule has 0 bridgehead atoms. The van der Waals surface area contributed by atoms with Crippen LogP contribution in [0.15, 0.2) is 36.5 Å². The van der Waals surface area contributed by atoms with Gasteiger partial charge in [-0.2, -0.15) is 0 Å². The Kier molecular flexibility index (Phi) is 7.41. The number of hydrogen-bond donors (Lipinski definition) is 5. The normalized spacial score (nSPS) is 12.2. The van der Waals surface area contributed by atoms with E-state index in [4.69, 9.17) is 10.2 Å². The van der Waals surface area contributed by atoms with Gasteiger partial charge >= 0.3 is 5.97 Å². The Bertz CT molecular complexity index is 636. The van der Waals surface area contributed by atoms with Crippen molar-refractivity contribution in [2.24, 2.45) is 5.41 Å². The van der Waals surface area contributed by atoms with E-state index in [9.17, 15) is 14.7 Å². The molecule has 0 aliphatic heterocycles. The van der Waals surface area contributed by atoms with Gasteiger partial charge in [-0.05, 0) is 17.5 Å². The zero-order chi connectivity index (χ0) is 18.2. The molecular weight excluding hydrogens is 312 g/mol. The van der Waals surface area contributed by atoms with Crippen molar-refractivity contribution in [3.05, 3.63) is 36.5 Å². The maximum absolute atomic E-state index is 11.3. The lowest BCUT2D eigenvalue weighted by molar-refractivity contribution is -0.138. The van der Waals surface area contributed by atoms with Gasteiger partial charge in [0.2, 0.25) is 5.91 Å². The van der Waals surface area contributed by atoms with E-state index >= 15 is 0 Å². The van der Waals surface area contributed by atoms with Gasteiger partial charge in [-0.1, -0.05) is 32.0 Å². The quantitative estimate of drug-likeness (QED) is 0.541. The molecule has 24 heavy (non-hydrogen) atoms. The molecular formula is C17H24N2O5. The minimum absolute atomic E-state index is 0.0350. The number of carboxylic acids is 1. The van der Waals surface area contributed by atoms with Crippen LogP contribution in [0.1, 0.15) is 20.3 Å². The van der Waals surface area contributed by atoms with E-state index < -0.39 is 23.4 Å². The van der Waals surface area contributed by atoms with Crippen LogP contribution in [-0.2, 0) is 9.59 Å². The molecule has 0 aliphatic rings. The average molecular weight is 336 g/mol. The van der Waals surface area contributed by atoms with Crippen LogP contribution in [0.25, 0.3) is 10.9 Å². The first-order chi connectivity index (χ1) is 11.3. The van der Waals surface area contributed by atoms with E-state index in [-0.39, 0.29) is 19.6 Å². The number of nitrogens with one attached hydrogen (secondary N) is 2. The Labute approximate surface area is 140 Å². The summed E-state index contributed by atoms with van der Waals surface area (Å²) in [5.74, 6) is -1.69. The van der Waals surface area contributed by atoms with Crippen LogP contribution < -0.4 is 5.32 Å². The van der Waals surface area contributed by atoms with Crippen molar-refractivity contribution in [1.82, 2.24) is 10.3 Å². The number of fused-ring (bicyclic) bond motifs is 1. The van der Waals surface area contributed by atoms with Gasteiger partial charge in [0.05, 0.1) is 13.0 Å². The third kappa shape index (κ3) is 6.02. The summed E-state index contributed by atoms with van der Waals surface area (Å²) in [5.41, 5.74) is 0.269. The summed E-state index contributed by atoms with van der Waals surface area (Å²) in [5, 5.41) is 30.3. The molecule has 1 heterocycles. The summed E-state index contributed by atoms with van der Waals surface area (Å²) in [6, 6.07) is 10.3. The number of aliphatic hydroxyl groups is 2. The highest BCUT2D eigenvalue weighted by Gasteiger charge is 2.32. The minimum atomic E-state index is -1.35. The lowest BCUT2D eigenvalue weighted by Gasteiger charge is -2.26. The monoisotopic (exact) mass is 336 g/mol. The SMILES string of the molecule is CC(C)(CO)[C@@H](O)C(=O)NCCC(=O)O.c1ccc2[nH]ccc2c1. The van der Waals surface area contributed by atoms with Crippen molar-refractivity contribution >= 4 is 22.8 Å². The minimum Gasteiger partial charge on any atom is -0.481 e. The fourth-order valence-electron chi connectivity index (χ4n) is 1.83. The van der Waals surface area contributed by atoms with E-state index in [0.29, 0.717) is 0 Å². The molecule has 2 rings (SSSR count). The molecule has 1 aromatic heterocycles. The van der Waals surface area contributed by atoms with Crippen molar-refractivity contribution in [3.63, 3.8) is 0 Å². The molecule has 2 aromatic rings. The number of rotatable bonds is 6. The van der Waals surface area contributed by atoms with Crippen LogP contribution in [0.2, 0.25) is 0 Å². The summed E-state index contributed by atoms with van der Waals surface area (Å²) >= 11 is 0. The van der Waals surface area contributed by atoms with Gasteiger partial charge in [-0.15, -0.1) is 0 Å². The van der Waals surface area contributed by atoms with Crippen molar-refractivity contribution < 1.29 is 24.9 Å². The van der Waals surface area contributed by atoms with Crippen molar-refractivity contribution in [2.45, 2.75) is 26.4 Å². The predicted molar refractivity (Wildman–Crippen MR) is 90.4 cm³/mol. The third-order valence-corrected chi connectivity index (χ3v) is 3.50. The molecule has 132 valence electrons. The van der Waals surface area contributed by atoms with Crippen molar-refractivity contribution in [2.75, 3.05) is 13.2 Å². The highest BCUT2D eigenvalue weighted by molar-refractivity contribution is 5.81. The Morgan fingerprint density at radius 3 is 2.50 bits per heavy atom. The summed E-state index contributed by atoms with van der Waals surface area (Å²) in [7, 11) is 0. The number of aromatic nitrogens is 1. The zero-order valence-corrected chi connectivity index (χ0v) is 13.8. The van der Waals surface area contributed by atoms with E-state index in [1.807, 2.05) is 18.3 Å². The fourth-order valence-corrected chi connectivity index (χ4v) is 1.83. The molecule has 0 radical (unpaired) electrons. The van der Waals surface area contributed by atoms with Gasteiger partial charge in [0.1, 0.15) is 6.10 Å². The maximum Gasteiger partial charge on any atom is 0.305 e. The van der Waals surface area contributed by atoms with Gasteiger partial charge in [-0.25, -0.2) is 0 Å². The van der Waals surface area contributed by atoms with Gasteiger partial charge < -0.3 is 25.6 Å². The molecule has 1 aromatic carbocycles. The standard InChI is InChI=1S/C9H17NO5.C8H7N/c1-9(2,5-11)7(14)8(15)10-4-3-6(12)13;1-2-4-8-7(3-1)5-6-9-8/h7,11,14H,3-5H2,1-2H3,(H,10,15)(H,12,13);1-6,9H/t7-;/m0./s1. The smallest absolute Gasteiger partial charge is 0.305 e. The fraction of sp³-hybridized carbons (Fsp3) is 0.412. The topological polar surface area (TPSA) is 123 Å². The molecule has 1 amide bonds. The first kappa shape index (κ1) is 19.7. The highest BCUT2D eigenvalue weighted by Crippen LogP contribution is 2.19. The average Bonchev–Trinajstić information content (AvgIpc) is 3.02. The lowest BCUT2D eigenvalue weighted by Crippen LogP contribution is -2.45. The van der Waals surface area contributed by atoms with Gasteiger partial charge in [0, 0.05) is 23.7 Å². The highest BCUT2D eigenvalue weighted by atomic mass is 16.4. The number of benzene rings is 1. The number of amides is 1. The third-order valence-electron chi connectivity index (χ3n) is 3.50. The van der Waals surface area contributed by atoms with Crippen LogP contribution in [0.5, 0.6) is 0 Å². The van der Waals surface area contributed by atoms with Gasteiger partial charge in [0.15, 0.2) is 0 Å². The molecule has 0 fully saturated rings. The molecule has 0 spiro atoms. The number of hydrogen-bond acceptors (Lipinski definition) is 4. The number of carboxylic acid groups (broad SMARTS) is 1. The van der Waals surface area contributed by atoms with Gasteiger partial charge in [-0.3, -0.25) is 9.59 Å². The second-order valence-electron chi connectivity index (χ2n) is 6.05. The Morgan fingerprint density at radius 2 is 1.92 bits per heavy atom. The second kappa shape index (κ2) is 9.05. The first-order valence-electron chi connectivity index (χ1n) is 7.58. The second-order valence-corrected chi connectivity index (χ2v) is 6.05. The lowest BCUT2D eigenvalue weighted by atomic mass is 9.87. The number of aromatic amines is 1. The number of H-pyrrole nitrogens is 1. The molecule has 0 unspecified atom stereocenters. The summed E-state index contributed by atoms with van der Waals surface area (Å²) in [6.07, 6.45) is 0.402. The zero-order valence-electron chi connectivity index (χ0n) is 13.8. The van der Waals surface area contributed by atoms with Crippen LogP contribution in [0.4, 0.5) is 0 Å². The van der Waals surface area contributed by atoms with Gasteiger partial charge in [0.25, 0.3) is 0 Å². The Hall–Kier alpha value is -2.38. The maximum atomic E-state index is 11.3. The van der Waals surface area contributed by atoms with E-state index in [1.54, 1.807) is 0 Å². The van der Waals surface area contributed by atoms with Crippen molar-refractivity contribution in [3.8, 4) is 0 Å². The number of carbonyl (C=O) groups excluding carboxylic acids is 1. The van der Waals surface area contributed by atoms with Crippen LogP contribution >= 0.6 is 0 Å². The molecule has 0 aliphatic carbocycles. The molecule has 0 saturated heterocycles. The predicted octanol–water partition coefficient (Wildman–Crippen LogP) is 1.12. The molecule has 7 heteroatoms. The van der Waals surface area contributed by atoms with Crippen molar-refractivity contribution in [1.29, 1.82) is 0 Å². The van der Waals surface area contributed by atoms with Crippen LogP contribution in [0, 0.1) is 5.41 Å². The van der Waals surface area contributed by atoms with Crippen LogP contribution in [0.3, 0.4) is 0 Å². The Balaban J connectivity index is 0.000000267. The number of aliphatic carboxylic acids is 1. The summed E-state index contributed by atoms with van der Waals surface area (Å²) in [4.78, 5) is 24.5. The molecule has 1 atom stereocenters. The Morgan fingerprint density at radius 1 is 1.25 bits per heavy atom. The van der Waals surface area contributed by atoms with E-state index in [2.05, 4.69) is 28.5 Å². The largest absolute Gasteiger partial charge is 0.481 e. The van der Waals surface area contributed by atoms with Crippen LogP contribution in [-0.4, -0.2) is 51.4 Å². The molecule has 5 N–H and O–H groups in total. The van der Waals surface area contributed by atoms with E-state index in [1.165, 1.54) is 24.8 Å². The summed E-state index contributed by atoms with van der Waals surface area (Å²) in [6.45, 7) is 2.70. The first-order valence-corrected chi connectivity index (χ1v) is 7.58. The number of carbonyl (C=O) groups is 2. The molecule has 0 saturated carbocycles. The summed E-state index contributed by atoms with van der Waals surface area (Å²) < 4.78 is 0. The number of aliphatic hydroxyl groups excluding tert-OH is 2. The van der Waals surface area contributed by atoms with E-state index in [0.717, 1.165) is 0 Å². The number of para-hydroxylation sites is 1.